The highest BCUT2D eigenvalue weighted by Crippen LogP contribution is 2.33. The van der Waals surface area contributed by atoms with Crippen molar-refractivity contribution in [2.45, 2.75) is 19.4 Å². The number of carbonyl (C=O) groups excluding carboxylic acids is 1. The molecule has 8 nitrogen and oxygen atoms in total. The van der Waals surface area contributed by atoms with Crippen LogP contribution in [0.5, 0.6) is 5.88 Å². The summed E-state index contributed by atoms with van der Waals surface area (Å²) in [6, 6.07) is 12.3. The summed E-state index contributed by atoms with van der Waals surface area (Å²) in [5.41, 5.74) is 2.42. The van der Waals surface area contributed by atoms with Gasteiger partial charge in [-0.1, -0.05) is 18.2 Å². The van der Waals surface area contributed by atoms with Gasteiger partial charge in [-0.25, -0.2) is 14.4 Å². The molecule has 4 aromatic rings. The lowest BCUT2D eigenvalue weighted by Gasteiger charge is -2.37. The van der Waals surface area contributed by atoms with Gasteiger partial charge >= 0.3 is 0 Å². The van der Waals surface area contributed by atoms with Gasteiger partial charge in [0.1, 0.15) is 12.4 Å². The SMILES string of the molecule is O=C(Cn1cc2ccccc2c1O)N1CCN(c2ccc(F)cc2-c2cnc(N3CCCC3)nc2)CC1. The Labute approximate surface area is 214 Å². The van der Waals surface area contributed by atoms with Crippen LogP contribution in [0, 0.1) is 5.82 Å². The topological polar surface area (TPSA) is 77.7 Å². The molecule has 1 amide bonds. The third kappa shape index (κ3) is 4.57. The van der Waals surface area contributed by atoms with Crippen molar-refractivity contribution in [2.75, 3.05) is 49.1 Å². The van der Waals surface area contributed by atoms with Gasteiger partial charge in [-0.05, 0) is 37.1 Å². The number of hydrogen-bond acceptors (Lipinski definition) is 6. The predicted octanol–water partition coefficient (Wildman–Crippen LogP) is 3.89. The Morgan fingerprint density at radius 2 is 1.65 bits per heavy atom. The minimum absolute atomic E-state index is 0.0412. The van der Waals surface area contributed by atoms with Crippen LogP contribution in [0.2, 0.25) is 0 Å². The molecule has 0 saturated carbocycles. The first-order valence-corrected chi connectivity index (χ1v) is 12.7. The number of rotatable bonds is 5. The van der Waals surface area contributed by atoms with Gasteiger partial charge in [0.25, 0.3) is 0 Å². The molecule has 0 atom stereocenters. The van der Waals surface area contributed by atoms with Crippen molar-refractivity contribution in [3.63, 3.8) is 0 Å². The molecule has 0 spiro atoms. The van der Waals surface area contributed by atoms with Gasteiger partial charge in [-0.2, -0.15) is 0 Å². The number of halogens is 1. The van der Waals surface area contributed by atoms with Crippen molar-refractivity contribution in [3.8, 4) is 17.0 Å². The summed E-state index contributed by atoms with van der Waals surface area (Å²) in [5.74, 6) is 0.472. The van der Waals surface area contributed by atoms with Gasteiger partial charge < -0.3 is 24.4 Å². The third-order valence-corrected chi connectivity index (χ3v) is 7.34. The van der Waals surface area contributed by atoms with E-state index in [2.05, 4.69) is 19.8 Å². The van der Waals surface area contributed by atoms with E-state index in [1.165, 1.54) is 12.1 Å². The second-order valence-electron chi connectivity index (χ2n) is 9.66. The molecule has 2 fully saturated rings. The zero-order valence-corrected chi connectivity index (χ0v) is 20.6. The molecule has 2 aromatic heterocycles. The highest BCUT2D eigenvalue weighted by molar-refractivity contribution is 5.89. The van der Waals surface area contributed by atoms with Crippen molar-refractivity contribution >= 4 is 28.3 Å². The van der Waals surface area contributed by atoms with Crippen LogP contribution in [0.4, 0.5) is 16.0 Å². The molecule has 0 radical (unpaired) electrons. The fraction of sp³-hybridized carbons (Fsp3) is 0.321. The molecule has 2 aromatic carbocycles. The average molecular weight is 501 g/mol. The first-order chi connectivity index (χ1) is 18.1. The summed E-state index contributed by atoms with van der Waals surface area (Å²) in [6.45, 7) is 4.35. The fourth-order valence-corrected chi connectivity index (χ4v) is 5.32. The number of nitrogens with zero attached hydrogens (tertiary/aromatic N) is 6. The van der Waals surface area contributed by atoms with Gasteiger partial charge in [0, 0.05) is 85.4 Å². The molecule has 190 valence electrons. The zero-order chi connectivity index (χ0) is 25.4. The van der Waals surface area contributed by atoms with E-state index in [0.717, 1.165) is 53.5 Å². The first kappa shape index (κ1) is 23.3. The van der Waals surface area contributed by atoms with Crippen LogP contribution in [0.3, 0.4) is 0 Å². The van der Waals surface area contributed by atoms with Crippen LogP contribution in [0.15, 0.2) is 61.1 Å². The zero-order valence-electron chi connectivity index (χ0n) is 20.6. The van der Waals surface area contributed by atoms with Crippen LogP contribution in [-0.2, 0) is 11.3 Å². The Hall–Kier alpha value is -4.14. The maximum absolute atomic E-state index is 14.3. The molecule has 0 unspecified atom stereocenters. The van der Waals surface area contributed by atoms with E-state index in [0.29, 0.717) is 32.1 Å². The summed E-state index contributed by atoms with van der Waals surface area (Å²) >= 11 is 0. The van der Waals surface area contributed by atoms with Crippen LogP contribution in [-0.4, -0.2) is 69.7 Å². The normalized spacial score (nSPS) is 16.1. The van der Waals surface area contributed by atoms with Gasteiger partial charge in [-0.15, -0.1) is 0 Å². The van der Waals surface area contributed by atoms with Crippen LogP contribution in [0.25, 0.3) is 21.9 Å². The lowest BCUT2D eigenvalue weighted by atomic mass is 10.0. The molecular formula is C28H29FN6O2. The van der Waals surface area contributed by atoms with Crippen molar-refractivity contribution < 1.29 is 14.3 Å². The van der Waals surface area contributed by atoms with Crippen LogP contribution < -0.4 is 9.80 Å². The van der Waals surface area contributed by atoms with Crippen molar-refractivity contribution in [3.05, 3.63) is 66.9 Å². The minimum Gasteiger partial charge on any atom is -0.494 e. The third-order valence-electron chi connectivity index (χ3n) is 7.34. The summed E-state index contributed by atoms with van der Waals surface area (Å²) in [5, 5.41) is 12.1. The highest BCUT2D eigenvalue weighted by Gasteiger charge is 2.24. The molecule has 0 aliphatic carbocycles. The number of aromatic hydroxyl groups is 1. The summed E-state index contributed by atoms with van der Waals surface area (Å²) < 4.78 is 15.9. The molecule has 4 heterocycles. The van der Waals surface area contributed by atoms with Crippen molar-refractivity contribution in [1.82, 2.24) is 19.4 Å². The van der Waals surface area contributed by atoms with Crippen LogP contribution >= 0.6 is 0 Å². The second kappa shape index (κ2) is 9.72. The Balaban J connectivity index is 1.15. The van der Waals surface area contributed by atoms with E-state index in [1.807, 2.05) is 29.2 Å². The van der Waals surface area contributed by atoms with E-state index in [-0.39, 0.29) is 24.1 Å². The first-order valence-electron chi connectivity index (χ1n) is 12.7. The largest absolute Gasteiger partial charge is 0.494 e. The van der Waals surface area contributed by atoms with Gasteiger partial charge in [0.15, 0.2) is 5.88 Å². The van der Waals surface area contributed by atoms with Gasteiger partial charge in [0.05, 0.1) is 0 Å². The lowest BCUT2D eigenvalue weighted by molar-refractivity contribution is -0.132. The van der Waals surface area contributed by atoms with E-state index >= 15 is 0 Å². The molecule has 2 aliphatic heterocycles. The number of benzene rings is 2. The van der Waals surface area contributed by atoms with E-state index < -0.39 is 0 Å². The second-order valence-corrected chi connectivity index (χ2v) is 9.66. The van der Waals surface area contributed by atoms with Gasteiger partial charge in [0.2, 0.25) is 11.9 Å². The van der Waals surface area contributed by atoms with Gasteiger partial charge in [-0.3, -0.25) is 4.79 Å². The van der Waals surface area contributed by atoms with Crippen LogP contribution in [0.1, 0.15) is 12.8 Å². The molecule has 37 heavy (non-hydrogen) atoms. The number of amides is 1. The van der Waals surface area contributed by atoms with E-state index in [9.17, 15) is 14.3 Å². The number of piperazine rings is 1. The molecular weight excluding hydrogens is 471 g/mol. The average Bonchev–Trinajstić information content (AvgIpc) is 3.58. The summed E-state index contributed by atoms with van der Waals surface area (Å²) in [6.07, 6.45) is 7.65. The number of carbonyl (C=O) groups is 1. The standard InChI is InChI=1S/C28H29FN6O2/c29-22-7-8-25(24(15-22)21-16-30-28(31-17-21)34-9-3-4-10-34)32-11-13-33(14-12-32)26(36)19-35-18-20-5-1-2-6-23(20)27(35)37/h1-2,5-8,15-18,37H,3-4,9-14,19H2. The van der Waals surface area contributed by atoms with E-state index in [1.54, 1.807) is 29.2 Å². The molecule has 1 N–H and O–H groups in total. The van der Waals surface area contributed by atoms with E-state index in [4.69, 9.17) is 0 Å². The molecule has 6 rings (SSSR count). The fourth-order valence-electron chi connectivity index (χ4n) is 5.32. The smallest absolute Gasteiger partial charge is 0.242 e. The van der Waals surface area contributed by atoms with Crippen molar-refractivity contribution in [2.24, 2.45) is 0 Å². The monoisotopic (exact) mass is 500 g/mol. The maximum atomic E-state index is 14.3. The lowest BCUT2D eigenvalue weighted by Crippen LogP contribution is -2.49. The van der Waals surface area contributed by atoms with Crippen molar-refractivity contribution in [1.29, 1.82) is 0 Å². The summed E-state index contributed by atoms with van der Waals surface area (Å²) in [7, 11) is 0. The number of fused-ring (bicyclic) bond motifs is 1. The minimum atomic E-state index is -0.310. The Morgan fingerprint density at radius 1 is 0.919 bits per heavy atom. The number of aromatic nitrogens is 3. The predicted molar refractivity (Wildman–Crippen MR) is 141 cm³/mol. The number of anilines is 2. The molecule has 2 aliphatic rings. The maximum Gasteiger partial charge on any atom is 0.242 e. The quantitative estimate of drug-likeness (QED) is 0.448. The molecule has 9 heteroatoms. The Morgan fingerprint density at radius 3 is 2.38 bits per heavy atom. The Bertz CT molecular complexity index is 1420. The summed E-state index contributed by atoms with van der Waals surface area (Å²) in [4.78, 5) is 28.3. The molecule has 2 saturated heterocycles. The highest BCUT2D eigenvalue weighted by atomic mass is 19.1. The number of hydrogen-bond donors (Lipinski definition) is 1. The molecule has 0 bridgehead atoms. The Kier molecular flexibility index (Phi) is 6.12.